The summed E-state index contributed by atoms with van der Waals surface area (Å²) >= 11 is 0. The summed E-state index contributed by atoms with van der Waals surface area (Å²) in [5.74, 6) is -0.246. The number of aryl methyl sites for hydroxylation is 1. The van der Waals surface area contributed by atoms with Crippen molar-refractivity contribution in [3.8, 4) is 0 Å². The van der Waals surface area contributed by atoms with Crippen LogP contribution >= 0.6 is 0 Å². The number of aliphatic hydroxyl groups excluding tert-OH is 1. The number of halogens is 1. The fourth-order valence-electron chi connectivity index (χ4n) is 2.82. The lowest BCUT2D eigenvalue weighted by Gasteiger charge is -2.32. The zero-order valence-corrected chi connectivity index (χ0v) is 13.0. The summed E-state index contributed by atoms with van der Waals surface area (Å²) in [7, 11) is 0. The third-order valence-corrected chi connectivity index (χ3v) is 4.24. The van der Waals surface area contributed by atoms with Gasteiger partial charge in [-0.25, -0.2) is 4.39 Å². The number of piperidine rings is 1. The zero-order valence-electron chi connectivity index (χ0n) is 13.0. The standard InChI is InChI=1S/C17H26FNO2/c1-3-21-15-6-9-19(10-7-15)11-8-17(20)14-5-4-13(2)16(18)12-14/h4-5,12,15,17,20H,3,6-11H2,1-2H3. The first kappa shape index (κ1) is 16.4. The molecule has 4 heteroatoms. The molecule has 0 aromatic heterocycles. The molecule has 0 bridgehead atoms. The highest BCUT2D eigenvalue weighted by atomic mass is 19.1. The molecule has 0 saturated carbocycles. The molecule has 0 aliphatic carbocycles. The van der Waals surface area contributed by atoms with Gasteiger partial charge in [-0.15, -0.1) is 0 Å². The van der Waals surface area contributed by atoms with Crippen LogP contribution in [-0.2, 0) is 4.74 Å². The average Bonchev–Trinajstić information content (AvgIpc) is 2.49. The van der Waals surface area contributed by atoms with Crippen LogP contribution in [0.3, 0.4) is 0 Å². The first-order chi connectivity index (χ1) is 10.1. The summed E-state index contributed by atoms with van der Waals surface area (Å²) < 4.78 is 19.1. The van der Waals surface area contributed by atoms with Crippen molar-refractivity contribution in [3.05, 3.63) is 35.1 Å². The lowest BCUT2D eigenvalue weighted by Crippen LogP contribution is -2.37. The van der Waals surface area contributed by atoms with Gasteiger partial charge in [0.1, 0.15) is 5.82 Å². The van der Waals surface area contributed by atoms with Crippen molar-refractivity contribution in [2.45, 2.75) is 45.3 Å². The van der Waals surface area contributed by atoms with Crippen molar-refractivity contribution in [2.75, 3.05) is 26.2 Å². The number of rotatable bonds is 6. The van der Waals surface area contributed by atoms with E-state index < -0.39 is 6.10 Å². The van der Waals surface area contributed by atoms with Gasteiger partial charge >= 0.3 is 0 Å². The van der Waals surface area contributed by atoms with Crippen LogP contribution in [0.1, 0.15) is 43.4 Å². The molecule has 0 amide bonds. The van der Waals surface area contributed by atoms with Crippen LogP contribution in [0.2, 0.25) is 0 Å². The van der Waals surface area contributed by atoms with Gasteiger partial charge in [0.05, 0.1) is 12.2 Å². The van der Waals surface area contributed by atoms with Crippen molar-refractivity contribution in [3.63, 3.8) is 0 Å². The molecule has 1 heterocycles. The Bertz CT molecular complexity index is 444. The van der Waals surface area contributed by atoms with Crippen molar-refractivity contribution < 1.29 is 14.2 Å². The minimum absolute atomic E-state index is 0.246. The molecular formula is C17H26FNO2. The van der Waals surface area contributed by atoms with Gasteiger partial charge in [0, 0.05) is 26.2 Å². The molecule has 1 fully saturated rings. The van der Waals surface area contributed by atoms with Gasteiger partial charge in [-0.05, 0) is 50.3 Å². The molecule has 1 aliphatic rings. The number of hydrogen-bond donors (Lipinski definition) is 1. The molecule has 3 nitrogen and oxygen atoms in total. The van der Waals surface area contributed by atoms with Crippen LogP contribution in [0.25, 0.3) is 0 Å². The molecule has 2 rings (SSSR count). The predicted molar refractivity (Wildman–Crippen MR) is 81.8 cm³/mol. The molecule has 1 N–H and O–H groups in total. The van der Waals surface area contributed by atoms with E-state index in [2.05, 4.69) is 4.90 Å². The summed E-state index contributed by atoms with van der Waals surface area (Å²) in [6.07, 6.45) is 2.56. The molecule has 1 saturated heterocycles. The van der Waals surface area contributed by atoms with Gasteiger partial charge in [0.15, 0.2) is 0 Å². The molecule has 1 unspecified atom stereocenters. The van der Waals surface area contributed by atoms with E-state index >= 15 is 0 Å². The third-order valence-electron chi connectivity index (χ3n) is 4.24. The summed E-state index contributed by atoms with van der Waals surface area (Å²) in [5.41, 5.74) is 1.28. The largest absolute Gasteiger partial charge is 0.388 e. The second kappa shape index (κ2) is 7.87. The SMILES string of the molecule is CCOC1CCN(CCC(O)c2ccc(C)c(F)c2)CC1. The van der Waals surface area contributed by atoms with Crippen LogP contribution in [0, 0.1) is 12.7 Å². The quantitative estimate of drug-likeness (QED) is 0.875. The maximum Gasteiger partial charge on any atom is 0.126 e. The van der Waals surface area contributed by atoms with Gasteiger partial charge in [-0.1, -0.05) is 12.1 Å². The topological polar surface area (TPSA) is 32.7 Å². The van der Waals surface area contributed by atoms with Crippen molar-refractivity contribution >= 4 is 0 Å². The van der Waals surface area contributed by atoms with E-state index in [4.69, 9.17) is 4.74 Å². The highest BCUT2D eigenvalue weighted by Gasteiger charge is 2.20. The highest BCUT2D eigenvalue weighted by Crippen LogP contribution is 2.21. The van der Waals surface area contributed by atoms with E-state index in [1.54, 1.807) is 13.0 Å². The summed E-state index contributed by atoms with van der Waals surface area (Å²) in [4.78, 5) is 2.35. The Hall–Kier alpha value is -0.970. The minimum Gasteiger partial charge on any atom is -0.388 e. The minimum atomic E-state index is -0.593. The number of likely N-dealkylation sites (tertiary alicyclic amines) is 1. The van der Waals surface area contributed by atoms with Crippen LogP contribution in [0.5, 0.6) is 0 Å². The maximum atomic E-state index is 13.5. The van der Waals surface area contributed by atoms with Crippen molar-refractivity contribution in [2.24, 2.45) is 0 Å². The Balaban J connectivity index is 1.76. The van der Waals surface area contributed by atoms with E-state index in [-0.39, 0.29) is 5.82 Å². The molecule has 1 aliphatic heterocycles. The number of nitrogens with zero attached hydrogens (tertiary/aromatic N) is 1. The maximum absolute atomic E-state index is 13.5. The van der Waals surface area contributed by atoms with Gasteiger partial charge in [-0.2, -0.15) is 0 Å². The van der Waals surface area contributed by atoms with Gasteiger partial charge < -0.3 is 14.7 Å². The number of hydrogen-bond acceptors (Lipinski definition) is 3. The predicted octanol–water partition coefficient (Wildman–Crippen LogP) is 3.06. The van der Waals surface area contributed by atoms with E-state index in [0.717, 1.165) is 39.1 Å². The molecule has 0 radical (unpaired) electrons. The highest BCUT2D eigenvalue weighted by molar-refractivity contribution is 5.24. The van der Waals surface area contributed by atoms with E-state index in [1.807, 2.05) is 13.0 Å². The number of benzene rings is 1. The first-order valence-electron chi connectivity index (χ1n) is 7.88. The van der Waals surface area contributed by atoms with E-state index in [9.17, 15) is 9.50 Å². The van der Waals surface area contributed by atoms with Gasteiger partial charge in [0.2, 0.25) is 0 Å². The van der Waals surface area contributed by atoms with Gasteiger partial charge in [0.25, 0.3) is 0 Å². The second-order valence-electron chi connectivity index (χ2n) is 5.81. The fourth-order valence-corrected chi connectivity index (χ4v) is 2.82. The molecular weight excluding hydrogens is 269 g/mol. The molecule has 1 atom stereocenters. The third kappa shape index (κ3) is 4.77. The Morgan fingerprint density at radius 3 is 2.71 bits per heavy atom. The number of ether oxygens (including phenoxy) is 1. The van der Waals surface area contributed by atoms with Crippen LogP contribution in [0.4, 0.5) is 4.39 Å². The van der Waals surface area contributed by atoms with Gasteiger partial charge in [-0.3, -0.25) is 0 Å². The molecule has 1 aromatic rings. The normalized spacial score (nSPS) is 18.9. The monoisotopic (exact) mass is 295 g/mol. The Labute approximate surface area is 126 Å². The Morgan fingerprint density at radius 1 is 1.38 bits per heavy atom. The average molecular weight is 295 g/mol. The summed E-state index contributed by atoms with van der Waals surface area (Å²) in [6.45, 7) is 7.41. The van der Waals surface area contributed by atoms with E-state index in [1.165, 1.54) is 6.07 Å². The van der Waals surface area contributed by atoms with Crippen LogP contribution in [-0.4, -0.2) is 42.4 Å². The Morgan fingerprint density at radius 2 is 2.10 bits per heavy atom. The molecule has 1 aromatic carbocycles. The first-order valence-corrected chi connectivity index (χ1v) is 7.88. The van der Waals surface area contributed by atoms with Crippen LogP contribution in [0.15, 0.2) is 18.2 Å². The lowest BCUT2D eigenvalue weighted by molar-refractivity contribution is 0.0112. The molecule has 118 valence electrons. The molecule has 0 spiro atoms. The summed E-state index contributed by atoms with van der Waals surface area (Å²) in [6, 6.07) is 4.98. The fraction of sp³-hybridized carbons (Fsp3) is 0.647. The zero-order chi connectivity index (χ0) is 15.2. The summed E-state index contributed by atoms with van der Waals surface area (Å²) in [5, 5.41) is 10.2. The number of aliphatic hydroxyl groups is 1. The van der Waals surface area contributed by atoms with Crippen molar-refractivity contribution in [1.82, 2.24) is 4.90 Å². The second-order valence-corrected chi connectivity index (χ2v) is 5.81. The van der Waals surface area contributed by atoms with Crippen LogP contribution < -0.4 is 0 Å². The Kier molecular flexibility index (Phi) is 6.15. The van der Waals surface area contributed by atoms with E-state index in [0.29, 0.717) is 23.7 Å². The lowest BCUT2D eigenvalue weighted by atomic mass is 10.0. The smallest absolute Gasteiger partial charge is 0.126 e. The molecule has 21 heavy (non-hydrogen) atoms. The van der Waals surface area contributed by atoms with Crippen molar-refractivity contribution in [1.29, 1.82) is 0 Å².